The van der Waals surface area contributed by atoms with Crippen LogP contribution in [0.3, 0.4) is 0 Å². The molecule has 1 aromatic heterocycles. The van der Waals surface area contributed by atoms with E-state index in [0.717, 1.165) is 4.68 Å². The largest absolute Gasteiger partial charge is 0.481 e. The standard InChI is InChI=1S/C16H22F3N3O4/c1-9(14-10(2)20-22(11(14)3)8-16(17,18)19)15(25)21-4-5-26-7-12(21)6-13(23)24/h9,12H,4-8H2,1-3H3,(H,23,24). The fraction of sp³-hybridized carbons (Fsp3) is 0.688. The Morgan fingerprint density at radius 3 is 2.62 bits per heavy atom. The van der Waals surface area contributed by atoms with Gasteiger partial charge >= 0.3 is 12.1 Å². The van der Waals surface area contributed by atoms with Crippen molar-refractivity contribution in [2.24, 2.45) is 0 Å². The Morgan fingerprint density at radius 2 is 2.04 bits per heavy atom. The Kier molecular flexibility index (Phi) is 5.94. The number of amides is 1. The zero-order valence-electron chi connectivity index (χ0n) is 14.8. The lowest BCUT2D eigenvalue weighted by Crippen LogP contribution is -2.50. The molecule has 1 aliphatic rings. The highest BCUT2D eigenvalue weighted by Crippen LogP contribution is 2.28. The van der Waals surface area contributed by atoms with Gasteiger partial charge in [0.25, 0.3) is 0 Å². The summed E-state index contributed by atoms with van der Waals surface area (Å²) in [4.78, 5) is 25.4. The molecular formula is C16H22F3N3O4. The highest BCUT2D eigenvalue weighted by atomic mass is 19.4. The third kappa shape index (κ3) is 4.54. The lowest BCUT2D eigenvalue weighted by molar-refractivity contribution is -0.147. The third-order valence-corrected chi connectivity index (χ3v) is 4.49. The molecule has 2 heterocycles. The van der Waals surface area contributed by atoms with Gasteiger partial charge in [0.1, 0.15) is 6.54 Å². The van der Waals surface area contributed by atoms with Crippen molar-refractivity contribution in [1.82, 2.24) is 14.7 Å². The number of rotatable bonds is 5. The minimum atomic E-state index is -4.41. The van der Waals surface area contributed by atoms with Gasteiger partial charge in [-0.25, -0.2) is 0 Å². The van der Waals surface area contributed by atoms with Crippen LogP contribution in [0.25, 0.3) is 0 Å². The molecular weight excluding hydrogens is 355 g/mol. The summed E-state index contributed by atoms with van der Waals surface area (Å²) in [7, 11) is 0. The SMILES string of the molecule is Cc1nn(CC(F)(F)F)c(C)c1C(C)C(=O)N1CCOCC1CC(=O)O. The van der Waals surface area contributed by atoms with Crippen molar-refractivity contribution >= 4 is 11.9 Å². The minimum absolute atomic E-state index is 0.121. The third-order valence-electron chi connectivity index (χ3n) is 4.49. The molecule has 146 valence electrons. The number of hydrogen-bond acceptors (Lipinski definition) is 4. The quantitative estimate of drug-likeness (QED) is 0.847. The van der Waals surface area contributed by atoms with Gasteiger partial charge in [-0.3, -0.25) is 14.3 Å². The van der Waals surface area contributed by atoms with E-state index in [1.54, 1.807) is 13.8 Å². The van der Waals surface area contributed by atoms with Crippen molar-refractivity contribution in [3.05, 3.63) is 17.0 Å². The number of carbonyl (C=O) groups excluding carboxylic acids is 1. The predicted octanol–water partition coefficient (Wildman–Crippen LogP) is 1.87. The number of carbonyl (C=O) groups is 2. The number of aliphatic carboxylic acids is 1. The summed E-state index contributed by atoms with van der Waals surface area (Å²) < 4.78 is 44.1. The van der Waals surface area contributed by atoms with Crippen LogP contribution in [-0.4, -0.2) is 63.6 Å². The van der Waals surface area contributed by atoms with E-state index in [9.17, 15) is 22.8 Å². The van der Waals surface area contributed by atoms with E-state index in [0.29, 0.717) is 17.9 Å². The van der Waals surface area contributed by atoms with Gasteiger partial charge in [-0.05, 0) is 20.8 Å². The summed E-state index contributed by atoms with van der Waals surface area (Å²) in [5, 5.41) is 12.9. The number of morpholine rings is 1. The van der Waals surface area contributed by atoms with Gasteiger partial charge in [0.2, 0.25) is 5.91 Å². The van der Waals surface area contributed by atoms with Crippen molar-refractivity contribution in [2.75, 3.05) is 19.8 Å². The van der Waals surface area contributed by atoms with Crippen molar-refractivity contribution in [1.29, 1.82) is 0 Å². The summed E-state index contributed by atoms with van der Waals surface area (Å²) in [6.07, 6.45) is -4.66. The molecule has 0 bridgehead atoms. The van der Waals surface area contributed by atoms with Crippen molar-refractivity contribution < 1.29 is 32.6 Å². The average Bonchev–Trinajstić information content (AvgIpc) is 2.78. The Balaban J connectivity index is 2.25. The molecule has 26 heavy (non-hydrogen) atoms. The molecule has 7 nitrogen and oxygen atoms in total. The molecule has 0 radical (unpaired) electrons. The Hall–Kier alpha value is -2.10. The number of aryl methyl sites for hydroxylation is 1. The molecule has 1 N–H and O–H groups in total. The monoisotopic (exact) mass is 377 g/mol. The second-order valence-electron chi connectivity index (χ2n) is 6.44. The molecule has 0 aromatic carbocycles. The van der Waals surface area contributed by atoms with Crippen LogP contribution in [0.4, 0.5) is 13.2 Å². The Labute approximate surface area is 148 Å². The van der Waals surface area contributed by atoms with E-state index in [1.807, 2.05) is 0 Å². The maximum atomic E-state index is 12.9. The second-order valence-corrected chi connectivity index (χ2v) is 6.44. The number of nitrogens with zero attached hydrogens (tertiary/aromatic N) is 3. The first-order valence-electron chi connectivity index (χ1n) is 8.22. The summed E-state index contributed by atoms with van der Waals surface area (Å²) in [6, 6.07) is -0.595. The van der Waals surface area contributed by atoms with Crippen LogP contribution in [0.5, 0.6) is 0 Å². The molecule has 2 rings (SSSR count). The molecule has 1 aromatic rings. The molecule has 1 amide bonds. The van der Waals surface area contributed by atoms with Crippen molar-refractivity contribution in [3.63, 3.8) is 0 Å². The highest BCUT2D eigenvalue weighted by Gasteiger charge is 2.35. The fourth-order valence-electron chi connectivity index (χ4n) is 3.35. The molecule has 2 unspecified atom stereocenters. The molecule has 0 saturated carbocycles. The van der Waals surface area contributed by atoms with Gasteiger partial charge in [0.15, 0.2) is 0 Å². The molecule has 10 heteroatoms. The van der Waals surface area contributed by atoms with E-state index in [4.69, 9.17) is 9.84 Å². The van der Waals surface area contributed by atoms with Crippen LogP contribution in [0, 0.1) is 13.8 Å². The number of halogens is 3. The summed E-state index contributed by atoms with van der Waals surface area (Å²) in [5.74, 6) is -2.11. The number of ether oxygens (including phenoxy) is 1. The average molecular weight is 377 g/mol. The zero-order valence-corrected chi connectivity index (χ0v) is 14.8. The van der Waals surface area contributed by atoms with Crippen molar-refractivity contribution in [2.45, 2.75) is 51.9 Å². The normalized spacial score (nSPS) is 19.5. The second kappa shape index (κ2) is 7.65. The van der Waals surface area contributed by atoms with E-state index in [2.05, 4.69) is 5.10 Å². The van der Waals surface area contributed by atoms with Gasteiger partial charge in [0.05, 0.1) is 37.3 Å². The van der Waals surface area contributed by atoms with E-state index < -0.39 is 30.7 Å². The smallest absolute Gasteiger partial charge is 0.408 e. The predicted molar refractivity (Wildman–Crippen MR) is 84.7 cm³/mol. The van der Waals surface area contributed by atoms with Crippen LogP contribution < -0.4 is 0 Å². The maximum Gasteiger partial charge on any atom is 0.408 e. The first kappa shape index (κ1) is 20.2. The summed E-state index contributed by atoms with van der Waals surface area (Å²) in [5.41, 5.74) is 1.08. The van der Waals surface area contributed by atoms with Gasteiger partial charge < -0.3 is 14.7 Å². The van der Waals surface area contributed by atoms with Crippen molar-refractivity contribution in [3.8, 4) is 0 Å². The van der Waals surface area contributed by atoms with Crippen LogP contribution >= 0.6 is 0 Å². The fourth-order valence-corrected chi connectivity index (χ4v) is 3.35. The summed E-state index contributed by atoms with van der Waals surface area (Å²) >= 11 is 0. The number of carboxylic acid groups (broad SMARTS) is 1. The maximum absolute atomic E-state index is 12.9. The van der Waals surface area contributed by atoms with Crippen LogP contribution in [0.15, 0.2) is 0 Å². The van der Waals surface area contributed by atoms with Crippen LogP contribution in [-0.2, 0) is 20.9 Å². The number of alkyl halides is 3. The Bertz CT molecular complexity index is 687. The number of aromatic nitrogens is 2. The molecule has 1 fully saturated rings. The Morgan fingerprint density at radius 1 is 1.38 bits per heavy atom. The van der Waals surface area contributed by atoms with Crippen LogP contribution in [0.1, 0.15) is 36.2 Å². The minimum Gasteiger partial charge on any atom is -0.481 e. The summed E-state index contributed by atoms with van der Waals surface area (Å²) in [6.45, 7) is 4.10. The zero-order chi connectivity index (χ0) is 19.6. The lowest BCUT2D eigenvalue weighted by atomic mass is 9.96. The van der Waals surface area contributed by atoms with E-state index in [-0.39, 0.29) is 31.2 Å². The molecule has 2 atom stereocenters. The van der Waals surface area contributed by atoms with Gasteiger partial charge in [0, 0.05) is 17.8 Å². The topological polar surface area (TPSA) is 84.7 Å². The van der Waals surface area contributed by atoms with Gasteiger partial charge in [-0.1, -0.05) is 0 Å². The van der Waals surface area contributed by atoms with E-state index >= 15 is 0 Å². The molecule has 1 aliphatic heterocycles. The van der Waals surface area contributed by atoms with Gasteiger partial charge in [-0.2, -0.15) is 18.3 Å². The number of hydrogen-bond donors (Lipinski definition) is 1. The molecule has 0 spiro atoms. The lowest BCUT2D eigenvalue weighted by Gasteiger charge is -2.36. The van der Waals surface area contributed by atoms with E-state index in [1.165, 1.54) is 11.8 Å². The molecule has 1 saturated heterocycles. The van der Waals surface area contributed by atoms with Gasteiger partial charge in [-0.15, -0.1) is 0 Å². The first-order chi connectivity index (χ1) is 12.0. The molecule has 0 aliphatic carbocycles. The number of carboxylic acids is 1. The first-order valence-corrected chi connectivity index (χ1v) is 8.22. The highest BCUT2D eigenvalue weighted by molar-refractivity contribution is 5.85. The van der Waals surface area contributed by atoms with Crippen LogP contribution in [0.2, 0.25) is 0 Å².